The molecular formula is C16H12ClNO3. The van der Waals surface area contributed by atoms with Crippen molar-refractivity contribution in [3.63, 3.8) is 0 Å². The summed E-state index contributed by atoms with van der Waals surface area (Å²) in [4.78, 5) is 25.2. The standard InChI is InChI=1S/C16H12ClNO3/c17-10-5-7-11(8-6-10)18-14(9-15(19)20)12-3-1-2-4-13(12)16(18)21/h1-8,14H,9H2,(H,19,20). The Morgan fingerprint density at radius 2 is 1.81 bits per heavy atom. The van der Waals surface area contributed by atoms with Gasteiger partial charge in [0.25, 0.3) is 5.91 Å². The third-order valence-electron chi connectivity index (χ3n) is 3.55. The van der Waals surface area contributed by atoms with Gasteiger partial charge in [-0.05, 0) is 35.9 Å². The van der Waals surface area contributed by atoms with Gasteiger partial charge < -0.3 is 10.0 Å². The first-order valence-electron chi connectivity index (χ1n) is 6.48. The zero-order chi connectivity index (χ0) is 15.0. The molecule has 0 bridgehead atoms. The predicted molar refractivity (Wildman–Crippen MR) is 79.7 cm³/mol. The number of hydrogen-bond donors (Lipinski definition) is 1. The van der Waals surface area contributed by atoms with Gasteiger partial charge in [0, 0.05) is 16.3 Å². The van der Waals surface area contributed by atoms with Crippen LogP contribution in [0.1, 0.15) is 28.4 Å². The number of carbonyl (C=O) groups excluding carboxylic acids is 1. The molecule has 2 aromatic rings. The lowest BCUT2D eigenvalue weighted by Crippen LogP contribution is -2.29. The van der Waals surface area contributed by atoms with Crippen molar-refractivity contribution in [1.82, 2.24) is 0 Å². The minimum absolute atomic E-state index is 0.134. The molecule has 0 radical (unpaired) electrons. The molecular weight excluding hydrogens is 290 g/mol. The van der Waals surface area contributed by atoms with Crippen LogP contribution < -0.4 is 4.90 Å². The summed E-state index contributed by atoms with van der Waals surface area (Å²) < 4.78 is 0. The molecule has 106 valence electrons. The maximum absolute atomic E-state index is 12.6. The average molecular weight is 302 g/mol. The first kappa shape index (κ1) is 13.6. The number of fused-ring (bicyclic) bond motifs is 1. The maximum Gasteiger partial charge on any atom is 0.305 e. The molecule has 3 rings (SSSR count). The highest BCUT2D eigenvalue weighted by Crippen LogP contribution is 2.39. The summed E-state index contributed by atoms with van der Waals surface area (Å²) in [5.41, 5.74) is 1.95. The van der Waals surface area contributed by atoms with Gasteiger partial charge >= 0.3 is 5.97 Å². The molecule has 1 heterocycles. The molecule has 0 fully saturated rings. The summed E-state index contributed by atoms with van der Waals surface area (Å²) in [5, 5.41) is 9.70. The Morgan fingerprint density at radius 1 is 1.14 bits per heavy atom. The monoisotopic (exact) mass is 301 g/mol. The van der Waals surface area contributed by atoms with Crippen molar-refractivity contribution in [2.45, 2.75) is 12.5 Å². The van der Waals surface area contributed by atoms with Crippen molar-refractivity contribution in [1.29, 1.82) is 0 Å². The summed E-state index contributed by atoms with van der Waals surface area (Å²) in [5.74, 6) is -1.12. The van der Waals surface area contributed by atoms with Crippen LogP contribution >= 0.6 is 11.6 Å². The van der Waals surface area contributed by atoms with Crippen LogP contribution in [0.2, 0.25) is 5.02 Å². The summed E-state index contributed by atoms with van der Waals surface area (Å²) in [6.07, 6.45) is -0.134. The number of carboxylic acids is 1. The van der Waals surface area contributed by atoms with Crippen molar-refractivity contribution in [3.05, 3.63) is 64.7 Å². The molecule has 1 N–H and O–H groups in total. The van der Waals surface area contributed by atoms with Crippen LogP contribution in [0.25, 0.3) is 0 Å². The van der Waals surface area contributed by atoms with E-state index >= 15 is 0 Å². The highest BCUT2D eigenvalue weighted by atomic mass is 35.5. The molecule has 0 aliphatic carbocycles. The number of hydrogen-bond acceptors (Lipinski definition) is 2. The summed E-state index contributed by atoms with van der Waals surface area (Å²) in [7, 11) is 0. The van der Waals surface area contributed by atoms with E-state index in [0.29, 0.717) is 16.3 Å². The Hall–Kier alpha value is -2.33. The second-order valence-electron chi connectivity index (χ2n) is 4.85. The second-order valence-corrected chi connectivity index (χ2v) is 5.29. The molecule has 0 saturated carbocycles. The summed E-state index contributed by atoms with van der Waals surface area (Å²) >= 11 is 5.87. The van der Waals surface area contributed by atoms with Crippen LogP contribution in [0.4, 0.5) is 5.69 Å². The lowest BCUT2D eigenvalue weighted by atomic mass is 10.0. The number of rotatable bonds is 3. The third-order valence-corrected chi connectivity index (χ3v) is 3.81. The van der Waals surface area contributed by atoms with Crippen molar-refractivity contribution in [2.75, 3.05) is 4.90 Å². The SMILES string of the molecule is O=C(O)CC1c2ccccc2C(=O)N1c1ccc(Cl)cc1. The van der Waals surface area contributed by atoms with E-state index in [2.05, 4.69) is 0 Å². The van der Waals surface area contributed by atoms with Crippen LogP contribution in [0.3, 0.4) is 0 Å². The molecule has 0 aromatic heterocycles. The van der Waals surface area contributed by atoms with Gasteiger partial charge in [0.2, 0.25) is 0 Å². The minimum atomic E-state index is -0.941. The normalized spacial score (nSPS) is 16.9. The van der Waals surface area contributed by atoms with Gasteiger partial charge in [-0.25, -0.2) is 0 Å². The molecule has 1 aliphatic heterocycles. The lowest BCUT2D eigenvalue weighted by molar-refractivity contribution is -0.137. The van der Waals surface area contributed by atoms with Gasteiger partial charge in [-0.3, -0.25) is 9.59 Å². The van der Waals surface area contributed by atoms with Gasteiger partial charge in [-0.2, -0.15) is 0 Å². The zero-order valence-corrected chi connectivity index (χ0v) is 11.7. The quantitative estimate of drug-likeness (QED) is 0.943. The lowest BCUT2D eigenvalue weighted by Gasteiger charge is -2.24. The van der Waals surface area contributed by atoms with Gasteiger partial charge in [-0.1, -0.05) is 29.8 Å². The van der Waals surface area contributed by atoms with Crippen LogP contribution in [-0.2, 0) is 4.79 Å². The molecule has 2 aromatic carbocycles. The summed E-state index contributed by atoms with van der Waals surface area (Å²) in [6, 6.07) is 13.4. The number of carbonyl (C=O) groups is 2. The van der Waals surface area contributed by atoms with E-state index in [4.69, 9.17) is 16.7 Å². The van der Waals surface area contributed by atoms with Crippen LogP contribution in [0, 0.1) is 0 Å². The summed E-state index contributed by atoms with van der Waals surface area (Å²) in [6.45, 7) is 0. The Morgan fingerprint density at radius 3 is 2.48 bits per heavy atom. The smallest absolute Gasteiger partial charge is 0.305 e. The van der Waals surface area contributed by atoms with Gasteiger partial charge in [0.05, 0.1) is 12.5 Å². The Bertz CT molecular complexity index is 712. The first-order valence-corrected chi connectivity index (χ1v) is 6.85. The van der Waals surface area contributed by atoms with Crippen LogP contribution in [0.15, 0.2) is 48.5 Å². The number of carboxylic acid groups (broad SMARTS) is 1. The predicted octanol–water partition coefficient (Wildman–Crippen LogP) is 3.52. The topological polar surface area (TPSA) is 57.6 Å². The van der Waals surface area contributed by atoms with Crippen molar-refractivity contribution < 1.29 is 14.7 Å². The van der Waals surface area contributed by atoms with E-state index in [-0.39, 0.29) is 12.3 Å². The van der Waals surface area contributed by atoms with Crippen molar-refractivity contribution in [2.24, 2.45) is 0 Å². The van der Waals surface area contributed by atoms with E-state index in [1.165, 1.54) is 4.90 Å². The van der Waals surface area contributed by atoms with E-state index in [1.807, 2.05) is 6.07 Å². The maximum atomic E-state index is 12.6. The molecule has 4 nitrogen and oxygen atoms in total. The third kappa shape index (κ3) is 2.38. The Balaban J connectivity index is 2.08. The minimum Gasteiger partial charge on any atom is -0.481 e. The second kappa shape index (κ2) is 5.22. The van der Waals surface area contributed by atoms with E-state index in [9.17, 15) is 9.59 Å². The van der Waals surface area contributed by atoms with E-state index < -0.39 is 12.0 Å². The zero-order valence-electron chi connectivity index (χ0n) is 11.0. The van der Waals surface area contributed by atoms with E-state index in [0.717, 1.165) is 5.56 Å². The number of amides is 1. The molecule has 1 amide bonds. The molecule has 1 unspecified atom stereocenters. The van der Waals surface area contributed by atoms with Crippen LogP contribution in [0.5, 0.6) is 0 Å². The fourth-order valence-electron chi connectivity index (χ4n) is 2.66. The molecule has 1 atom stereocenters. The van der Waals surface area contributed by atoms with Gasteiger partial charge in [0.1, 0.15) is 0 Å². The fourth-order valence-corrected chi connectivity index (χ4v) is 2.78. The molecule has 1 aliphatic rings. The highest BCUT2D eigenvalue weighted by molar-refractivity contribution is 6.30. The van der Waals surface area contributed by atoms with E-state index in [1.54, 1.807) is 42.5 Å². The largest absolute Gasteiger partial charge is 0.481 e. The number of benzene rings is 2. The first-order chi connectivity index (χ1) is 10.1. The number of aliphatic carboxylic acids is 1. The number of nitrogens with zero attached hydrogens (tertiary/aromatic N) is 1. The Kier molecular flexibility index (Phi) is 3.39. The molecule has 0 saturated heterocycles. The molecule has 5 heteroatoms. The average Bonchev–Trinajstić information content (AvgIpc) is 2.73. The van der Waals surface area contributed by atoms with Gasteiger partial charge in [0.15, 0.2) is 0 Å². The van der Waals surface area contributed by atoms with Crippen molar-refractivity contribution >= 4 is 29.2 Å². The van der Waals surface area contributed by atoms with Crippen molar-refractivity contribution in [3.8, 4) is 0 Å². The fraction of sp³-hybridized carbons (Fsp3) is 0.125. The van der Waals surface area contributed by atoms with Gasteiger partial charge in [-0.15, -0.1) is 0 Å². The molecule has 0 spiro atoms. The van der Waals surface area contributed by atoms with Crippen LogP contribution in [-0.4, -0.2) is 17.0 Å². The number of halogens is 1. The highest BCUT2D eigenvalue weighted by Gasteiger charge is 2.38. The molecule has 21 heavy (non-hydrogen) atoms. The Labute approximate surface area is 126 Å². The number of anilines is 1.